The number of carbonyl (C=O) groups excluding carboxylic acids is 2. The van der Waals surface area contributed by atoms with Crippen LogP contribution in [-0.2, 0) is 33.5 Å². The van der Waals surface area contributed by atoms with Crippen LogP contribution in [0.3, 0.4) is 0 Å². The van der Waals surface area contributed by atoms with E-state index >= 15 is 0 Å². The average Bonchev–Trinajstić information content (AvgIpc) is 2.75. The van der Waals surface area contributed by atoms with E-state index in [1.165, 1.54) is 6.07 Å². The van der Waals surface area contributed by atoms with E-state index in [0.29, 0.717) is 5.56 Å². The molecule has 0 aliphatic heterocycles. The Kier molecular flexibility index (Phi) is 8.59. The summed E-state index contributed by atoms with van der Waals surface area (Å²) in [4.78, 5) is 35.8. The van der Waals surface area contributed by atoms with Gasteiger partial charge in [-0.2, -0.15) is 13.2 Å². The van der Waals surface area contributed by atoms with Gasteiger partial charge in [0.15, 0.2) is 0 Å². The molecule has 0 unspecified atom stereocenters. The molecule has 0 saturated heterocycles. The summed E-state index contributed by atoms with van der Waals surface area (Å²) in [5.74, 6) is -2.68. The third-order valence-corrected chi connectivity index (χ3v) is 4.37. The first-order valence-electron chi connectivity index (χ1n) is 9.38. The summed E-state index contributed by atoms with van der Waals surface area (Å²) in [6.07, 6.45) is -6.41. The Hall–Kier alpha value is -3.60. The van der Waals surface area contributed by atoms with Crippen LogP contribution in [0.1, 0.15) is 16.7 Å². The van der Waals surface area contributed by atoms with Crippen LogP contribution >= 0.6 is 0 Å². The normalized spacial score (nSPS) is 13.0. The van der Waals surface area contributed by atoms with E-state index in [4.69, 9.17) is 4.74 Å². The first-order chi connectivity index (χ1) is 15.1. The van der Waals surface area contributed by atoms with Gasteiger partial charge in [-0.05, 0) is 17.2 Å². The van der Waals surface area contributed by atoms with Crippen molar-refractivity contribution in [2.75, 3.05) is 6.61 Å². The number of carbonyl (C=O) groups is 3. The van der Waals surface area contributed by atoms with Crippen molar-refractivity contribution in [3.8, 4) is 0 Å². The summed E-state index contributed by atoms with van der Waals surface area (Å²) >= 11 is 0. The van der Waals surface area contributed by atoms with Crippen LogP contribution in [0.4, 0.5) is 18.0 Å². The predicted molar refractivity (Wildman–Crippen MR) is 105 cm³/mol. The number of alkyl halides is 3. The summed E-state index contributed by atoms with van der Waals surface area (Å²) in [5.41, 5.74) is -0.688. The van der Waals surface area contributed by atoms with Crippen molar-refractivity contribution in [3.05, 3.63) is 71.3 Å². The Morgan fingerprint density at radius 2 is 1.56 bits per heavy atom. The molecule has 0 aromatic heterocycles. The van der Waals surface area contributed by atoms with Gasteiger partial charge in [0.1, 0.15) is 18.7 Å². The van der Waals surface area contributed by atoms with Crippen molar-refractivity contribution in [1.29, 1.82) is 0 Å². The molecule has 11 heteroatoms. The van der Waals surface area contributed by atoms with Crippen LogP contribution in [0.5, 0.6) is 0 Å². The van der Waals surface area contributed by atoms with E-state index in [1.54, 1.807) is 30.3 Å². The van der Waals surface area contributed by atoms with E-state index in [9.17, 15) is 37.8 Å². The van der Waals surface area contributed by atoms with E-state index in [0.717, 1.165) is 18.2 Å². The van der Waals surface area contributed by atoms with Crippen molar-refractivity contribution in [3.63, 3.8) is 0 Å². The Morgan fingerprint density at radius 1 is 0.938 bits per heavy atom. The lowest BCUT2D eigenvalue weighted by molar-refractivity contribution is -0.143. The smallest absolute Gasteiger partial charge is 0.416 e. The number of amides is 2. The maximum atomic E-state index is 13.2. The minimum absolute atomic E-state index is 0.113. The van der Waals surface area contributed by atoms with Gasteiger partial charge in [-0.1, -0.05) is 48.5 Å². The zero-order valence-electron chi connectivity index (χ0n) is 16.6. The first-order valence-corrected chi connectivity index (χ1v) is 9.38. The van der Waals surface area contributed by atoms with Gasteiger partial charge in [-0.15, -0.1) is 0 Å². The van der Waals surface area contributed by atoms with E-state index in [2.05, 4.69) is 5.32 Å². The minimum atomic E-state index is -4.71. The second-order valence-electron chi connectivity index (χ2n) is 6.70. The van der Waals surface area contributed by atoms with E-state index < -0.39 is 54.8 Å². The number of carboxylic acid groups (broad SMARTS) is 1. The zero-order chi connectivity index (χ0) is 23.7. The number of halogens is 3. The molecule has 0 radical (unpaired) electrons. The number of ether oxygens (including phenoxy) is 1. The molecule has 2 amide bonds. The molecule has 2 aromatic carbocycles. The Balaban J connectivity index is 2.01. The number of carboxylic acids is 1. The highest BCUT2D eigenvalue weighted by atomic mass is 19.4. The number of aliphatic hydroxyl groups excluding tert-OH is 1. The van der Waals surface area contributed by atoms with Gasteiger partial charge < -0.3 is 25.6 Å². The second kappa shape index (κ2) is 11.1. The number of aliphatic carboxylic acids is 1. The molecular weight excluding hydrogens is 433 g/mol. The molecule has 4 N–H and O–H groups in total. The maximum absolute atomic E-state index is 13.2. The number of aliphatic hydroxyl groups is 1. The molecule has 8 nitrogen and oxygen atoms in total. The van der Waals surface area contributed by atoms with Crippen LogP contribution in [-0.4, -0.2) is 46.9 Å². The first kappa shape index (κ1) is 24.7. The number of hydrogen-bond acceptors (Lipinski definition) is 5. The molecule has 0 aliphatic rings. The second-order valence-corrected chi connectivity index (χ2v) is 6.70. The molecule has 2 rings (SSSR count). The van der Waals surface area contributed by atoms with E-state index in [1.807, 2.05) is 5.32 Å². The van der Waals surface area contributed by atoms with Crippen molar-refractivity contribution in [1.82, 2.24) is 10.6 Å². The summed E-state index contributed by atoms with van der Waals surface area (Å²) in [6.45, 7) is -1.00. The van der Waals surface area contributed by atoms with Gasteiger partial charge in [0, 0.05) is 6.42 Å². The summed E-state index contributed by atoms with van der Waals surface area (Å²) < 4.78 is 44.4. The lowest BCUT2D eigenvalue weighted by Gasteiger charge is -2.21. The van der Waals surface area contributed by atoms with Crippen molar-refractivity contribution in [2.45, 2.75) is 31.3 Å². The Labute approximate surface area is 181 Å². The molecule has 172 valence electrons. The molecule has 2 aromatic rings. The number of nitrogens with one attached hydrogen (secondary N) is 2. The lowest BCUT2D eigenvalue weighted by atomic mass is 9.99. The van der Waals surface area contributed by atoms with Crippen molar-refractivity contribution < 1.29 is 42.5 Å². The Bertz CT molecular complexity index is 937. The minimum Gasteiger partial charge on any atom is -0.480 e. The number of benzene rings is 2. The molecule has 0 heterocycles. The number of hydrogen-bond donors (Lipinski definition) is 4. The van der Waals surface area contributed by atoms with Crippen LogP contribution in [0.15, 0.2) is 54.6 Å². The molecule has 32 heavy (non-hydrogen) atoms. The lowest BCUT2D eigenvalue weighted by Crippen LogP contribution is -2.53. The average molecular weight is 454 g/mol. The molecular formula is C21H21F3N2O6. The van der Waals surface area contributed by atoms with Crippen molar-refractivity contribution in [2.24, 2.45) is 0 Å². The highest BCUT2D eigenvalue weighted by Gasteiger charge is 2.35. The third-order valence-electron chi connectivity index (χ3n) is 4.37. The van der Waals surface area contributed by atoms with Gasteiger partial charge in [0.2, 0.25) is 5.91 Å². The largest absolute Gasteiger partial charge is 0.480 e. The molecule has 0 spiro atoms. The third kappa shape index (κ3) is 7.27. The van der Waals surface area contributed by atoms with Gasteiger partial charge >= 0.3 is 18.2 Å². The monoisotopic (exact) mass is 454 g/mol. The Morgan fingerprint density at radius 3 is 2.16 bits per heavy atom. The van der Waals surface area contributed by atoms with Crippen LogP contribution < -0.4 is 10.6 Å². The van der Waals surface area contributed by atoms with Gasteiger partial charge in [-0.3, -0.25) is 4.79 Å². The van der Waals surface area contributed by atoms with E-state index in [-0.39, 0.29) is 12.2 Å². The predicted octanol–water partition coefficient (Wildman–Crippen LogP) is 2.10. The molecule has 0 fully saturated rings. The molecule has 0 aliphatic carbocycles. The molecule has 2 atom stereocenters. The van der Waals surface area contributed by atoms with Crippen molar-refractivity contribution >= 4 is 18.0 Å². The zero-order valence-corrected chi connectivity index (χ0v) is 16.6. The summed E-state index contributed by atoms with van der Waals surface area (Å²) in [5, 5.41) is 22.9. The quantitative estimate of drug-likeness (QED) is 0.460. The van der Waals surface area contributed by atoms with Crippen LogP contribution in [0, 0.1) is 0 Å². The molecule has 0 saturated carbocycles. The standard InChI is InChI=1S/C21H21F3N2O6/c22-21(23,24)15-9-5-4-8-14(15)10-16(19(29)30)25-18(28)17(11-27)26-20(31)32-12-13-6-2-1-3-7-13/h1-9,16-17,27H,10-12H2,(H,25,28)(H,26,31)(H,29,30)/t16-,17-/m0/s1. The fourth-order valence-corrected chi connectivity index (χ4v) is 2.77. The fourth-order valence-electron chi connectivity index (χ4n) is 2.77. The van der Waals surface area contributed by atoms with Gasteiger partial charge in [0.05, 0.1) is 12.2 Å². The number of rotatable bonds is 9. The van der Waals surface area contributed by atoms with Gasteiger partial charge in [0.25, 0.3) is 0 Å². The van der Waals surface area contributed by atoms with Crippen LogP contribution in [0.25, 0.3) is 0 Å². The highest BCUT2D eigenvalue weighted by Crippen LogP contribution is 2.32. The topological polar surface area (TPSA) is 125 Å². The molecule has 0 bridgehead atoms. The maximum Gasteiger partial charge on any atom is 0.416 e. The van der Waals surface area contributed by atoms with Gasteiger partial charge in [-0.25, -0.2) is 9.59 Å². The summed E-state index contributed by atoms with van der Waals surface area (Å²) in [7, 11) is 0. The SMILES string of the molecule is O=C(N[C@@H](CO)C(=O)N[C@@H](Cc1ccccc1C(F)(F)F)C(=O)O)OCc1ccccc1. The van der Waals surface area contributed by atoms with Crippen LogP contribution in [0.2, 0.25) is 0 Å². The number of alkyl carbamates (subject to hydrolysis) is 1. The summed E-state index contributed by atoms with van der Waals surface area (Å²) in [6, 6.07) is 9.68. The highest BCUT2D eigenvalue weighted by molar-refractivity contribution is 5.89. The fraction of sp³-hybridized carbons (Fsp3) is 0.286.